The SMILES string of the molecule is Cc1cc(Br)ccc1SCC(=O)O[C@@H](C(=O)NC(N)=O)C(C)C. The van der Waals surface area contributed by atoms with E-state index in [9.17, 15) is 14.4 Å². The van der Waals surface area contributed by atoms with Crippen molar-refractivity contribution in [1.82, 2.24) is 5.32 Å². The predicted molar refractivity (Wildman–Crippen MR) is 92.0 cm³/mol. The summed E-state index contributed by atoms with van der Waals surface area (Å²) in [4.78, 5) is 35.4. The summed E-state index contributed by atoms with van der Waals surface area (Å²) in [6, 6.07) is 4.76. The summed E-state index contributed by atoms with van der Waals surface area (Å²) in [7, 11) is 0. The number of esters is 1. The van der Waals surface area contributed by atoms with Crippen molar-refractivity contribution in [3.05, 3.63) is 28.2 Å². The van der Waals surface area contributed by atoms with Crippen LogP contribution >= 0.6 is 27.7 Å². The van der Waals surface area contributed by atoms with Gasteiger partial charge in [0.2, 0.25) is 0 Å². The van der Waals surface area contributed by atoms with E-state index in [2.05, 4.69) is 15.9 Å². The standard InChI is InChI=1S/C15H19BrN2O4S/c1-8(2)13(14(20)18-15(17)21)22-12(19)7-23-11-5-4-10(16)6-9(11)3/h4-6,8,13H,7H2,1-3H3,(H3,17,18,20,21)/t13-/m1/s1. The molecule has 3 amide bonds. The Labute approximate surface area is 147 Å². The molecule has 23 heavy (non-hydrogen) atoms. The Balaban J connectivity index is 2.62. The van der Waals surface area contributed by atoms with Gasteiger partial charge in [-0.25, -0.2) is 4.79 Å². The number of thioether (sulfide) groups is 1. The zero-order valence-corrected chi connectivity index (χ0v) is 15.5. The van der Waals surface area contributed by atoms with Crippen LogP contribution in [-0.4, -0.2) is 29.8 Å². The molecule has 1 aromatic carbocycles. The van der Waals surface area contributed by atoms with Crippen molar-refractivity contribution in [2.24, 2.45) is 11.7 Å². The van der Waals surface area contributed by atoms with E-state index in [0.29, 0.717) is 0 Å². The quantitative estimate of drug-likeness (QED) is 0.562. The van der Waals surface area contributed by atoms with Crippen LogP contribution in [0.15, 0.2) is 27.6 Å². The third-order valence-corrected chi connectivity index (χ3v) is 4.49. The highest BCUT2D eigenvalue weighted by Crippen LogP contribution is 2.25. The van der Waals surface area contributed by atoms with Crippen molar-refractivity contribution in [3.63, 3.8) is 0 Å². The number of imide groups is 1. The Morgan fingerprint density at radius 2 is 2.00 bits per heavy atom. The molecule has 0 saturated heterocycles. The van der Waals surface area contributed by atoms with Gasteiger partial charge in [0, 0.05) is 9.37 Å². The fourth-order valence-corrected chi connectivity index (χ4v) is 3.04. The summed E-state index contributed by atoms with van der Waals surface area (Å²) in [5.41, 5.74) is 5.94. The fraction of sp³-hybridized carbons (Fsp3) is 0.400. The number of nitrogens with two attached hydrogens (primary N) is 1. The van der Waals surface area contributed by atoms with Crippen LogP contribution in [0.2, 0.25) is 0 Å². The van der Waals surface area contributed by atoms with Crippen molar-refractivity contribution >= 4 is 45.6 Å². The Morgan fingerprint density at radius 1 is 1.35 bits per heavy atom. The first-order valence-electron chi connectivity index (χ1n) is 6.89. The minimum absolute atomic E-state index is 0.0650. The second-order valence-electron chi connectivity index (χ2n) is 5.21. The summed E-state index contributed by atoms with van der Waals surface area (Å²) >= 11 is 4.70. The lowest BCUT2D eigenvalue weighted by Gasteiger charge is -2.19. The molecule has 0 fully saturated rings. The molecule has 1 aromatic rings. The second kappa shape index (κ2) is 8.93. The number of rotatable bonds is 6. The van der Waals surface area contributed by atoms with Gasteiger partial charge in [0.25, 0.3) is 5.91 Å². The molecular formula is C15H19BrN2O4S. The molecule has 0 aromatic heterocycles. The maximum absolute atomic E-state index is 12.0. The predicted octanol–water partition coefficient (Wildman–Crippen LogP) is 2.61. The molecule has 0 aliphatic rings. The van der Waals surface area contributed by atoms with Gasteiger partial charge in [-0.15, -0.1) is 11.8 Å². The van der Waals surface area contributed by atoms with Crippen LogP contribution in [0.4, 0.5) is 4.79 Å². The lowest BCUT2D eigenvalue weighted by atomic mass is 10.1. The number of carbonyl (C=O) groups is 3. The van der Waals surface area contributed by atoms with Crippen molar-refractivity contribution in [3.8, 4) is 0 Å². The minimum atomic E-state index is -1.05. The van der Waals surface area contributed by atoms with E-state index < -0.39 is 24.0 Å². The van der Waals surface area contributed by atoms with Crippen LogP contribution in [-0.2, 0) is 14.3 Å². The molecule has 0 spiro atoms. The van der Waals surface area contributed by atoms with Crippen molar-refractivity contribution in [2.45, 2.75) is 31.8 Å². The molecule has 0 saturated carbocycles. The zero-order valence-electron chi connectivity index (χ0n) is 13.1. The first-order valence-corrected chi connectivity index (χ1v) is 8.67. The van der Waals surface area contributed by atoms with Crippen LogP contribution in [0.5, 0.6) is 0 Å². The molecule has 126 valence electrons. The van der Waals surface area contributed by atoms with E-state index in [0.717, 1.165) is 14.9 Å². The summed E-state index contributed by atoms with van der Waals surface area (Å²) < 4.78 is 6.13. The van der Waals surface area contributed by atoms with E-state index in [-0.39, 0.29) is 11.7 Å². The summed E-state index contributed by atoms with van der Waals surface area (Å²) in [6.07, 6.45) is -1.05. The monoisotopic (exact) mass is 402 g/mol. The van der Waals surface area contributed by atoms with Gasteiger partial charge in [-0.05, 0) is 36.6 Å². The lowest BCUT2D eigenvalue weighted by molar-refractivity contribution is -0.155. The number of hydrogen-bond donors (Lipinski definition) is 2. The number of primary amides is 1. The molecule has 1 rings (SSSR count). The van der Waals surface area contributed by atoms with Gasteiger partial charge in [0.15, 0.2) is 6.10 Å². The molecule has 0 aliphatic carbocycles. The van der Waals surface area contributed by atoms with Gasteiger partial charge < -0.3 is 10.5 Å². The van der Waals surface area contributed by atoms with Crippen molar-refractivity contribution < 1.29 is 19.1 Å². The number of hydrogen-bond acceptors (Lipinski definition) is 5. The number of nitrogens with one attached hydrogen (secondary N) is 1. The smallest absolute Gasteiger partial charge is 0.318 e. The van der Waals surface area contributed by atoms with E-state index >= 15 is 0 Å². The highest BCUT2D eigenvalue weighted by Gasteiger charge is 2.27. The maximum atomic E-state index is 12.0. The number of carbonyl (C=O) groups excluding carboxylic acids is 3. The van der Waals surface area contributed by atoms with Gasteiger partial charge in [-0.1, -0.05) is 29.8 Å². The van der Waals surface area contributed by atoms with Crippen LogP contribution in [0.25, 0.3) is 0 Å². The van der Waals surface area contributed by atoms with Crippen LogP contribution in [0, 0.1) is 12.8 Å². The summed E-state index contributed by atoms with van der Waals surface area (Å²) in [6.45, 7) is 5.37. The Hall–Kier alpha value is -1.54. The maximum Gasteiger partial charge on any atom is 0.318 e. The molecular weight excluding hydrogens is 384 g/mol. The van der Waals surface area contributed by atoms with Gasteiger partial charge in [-0.2, -0.15) is 0 Å². The first kappa shape index (κ1) is 19.5. The summed E-state index contributed by atoms with van der Waals surface area (Å²) in [5.74, 6) is -1.46. The van der Waals surface area contributed by atoms with Crippen molar-refractivity contribution in [2.75, 3.05) is 5.75 Å². The normalized spacial score (nSPS) is 11.9. The number of aryl methyl sites for hydroxylation is 1. The Kier molecular flexibility index (Phi) is 7.57. The molecule has 0 bridgehead atoms. The number of urea groups is 1. The topological polar surface area (TPSA) is 98.5 Å². The van der Waals surface area contributed by atoms with Gasteiger partial charge in [-0.3, -0.25) is 14.9 Å². The number of halogens is 1. The van der Waals surface area contributed by atoms with Crippen molar-refractivity contribution in [1.29, 1.82) is 0 Å². The van der Waals surface area contributed by atoms with E-state index in [1.54, 1.807) is 13.8 Å². The van der Waals surface area contributed by atoms with E-state index in [1.807, 2.05) is 30.4 Å². The third kappa shape index (κ3) is 6.62. The average Bonchev–Trinajstić information content (AvgIpc) is 2.42. The van der Waals surface area contributed by atoms with E-state index in [4.69, 9.17) is 10.5 Å². The first-order chi connectivity index (χ1) is 10.7. The molecule has 0 heterocycles. The largest absolute Gasteiger partial charge is 0.451 e. The molecule has 0 aliphatic heterocycles. The fourth-order valence-electron chi connectivity index (χ4n) is 1.77. The molecule has 0 radical (unpaired) electrons. The molecule has 6 nitrogen and oxygen atoms in total. The highest BCUT2D eigenvalue weighted by atomic mass is 79.9. The average molecular weight is 403 g/mol. The van der Waals surface area contributed by atoms with Gasteiger partial charge in [0.1, 0.15) is 0 Å². The second-order valence-corrected chi connectivity index (χ2v) is 7.14. The Bertz CT molecular complexity index is 607. The van der Waals surface area contributed by atoms with Crippen LogP contribution in [0.3, 0.4) is 0 Å². The lowest BCUT2D eigenvalue weighted by Crippen LogP contribution is -2.45. The Morgan fingerprint density at radius 3 is 2.52 bits per heavy atom. The molecule has 0 unspecified atom stereocenters. The van der Waals surface area contributed by atoms with Crippen LogP contribution < -0.4 is 11.1 Å². The van der Waals surface area contributed by atoms with E-state index in [1.165, 1.54) is 11.8 Å². The molecule has 1 atom stereocenters. The molecule has 8 heteroatoms. The van der Waals surface area contributed by atoms with Gasteiger partial charge in [0.05, 0.1) is 5.75 Å². The number of ether oxygens (including phenoxy) is 1. The third-order valence-electron chi connectivity index (χ3n) is 2.85. The minimum Gasteiger partial charge on any atom is -0.451 e. The van der Waals surface area contributed by atoms with Crippen LogP contribution in [0.1, 0.15) is 19.4 Å². The molecule has 3 N–H and O–H groups in total. The number of amides is 3. The number of benzene rings is 1. The summed E-state index contributed by atoms with van der Waals surface area (Å²) in [5, 5.41) is 1.93. The highest BCUT2D eigenvalue weighted by molar-refractivity contribution is 9.10. The zero-order chi connectivity index (χ0) is 17.6. The van der Waals surface area contributed by atoms with Gasteiger partial charge >= 0.3 is 12.0 Å².